The standard InChI is InChI=1S/C17H18FNO4/c1-10(2)13-7-8-23-15(13)16(20)19-9-14(17(21)22)11-3-5-12(18)6-4-11/h3-8,10,14H,9H2,1-2H3,(H,19,20)(H,21,22). The number of benzene rings is 1. The van der Waals surface area contributed by atoms with Crippen molar-refractivity contribution in [1.82, 2.24) is 5.32 Å². The number of carboxylic acid groups (broad SMARTS) is 1. The Morgan fingerprint density at radius 3 is 2.43 bits per heavy atom. The normalized spacial score (nSPS) is 12.2. The maximum Gasteiger partial charge on any atom is 0.312 e. The van der Waals surface area contributed by atoms with Gasteiger partial charge in [0.1, 0.15) is 5.82 Å². The fraction of sp³-hybridized carbons (Fsp3) is 0.294. The second kappa shape index (κ2) is 7.09. The van der Waals surface area contributed by atoms with Crippen molar-refractivity contribution in [2.75, 3.05) is 6.54 Å². The van der Waals surface area contributed by atoms with Crippen molar-refractivity contribution in [3.05, 3.63) is 59.3 Å². The van der Waals surface area contributed by atoms with Crippen LogP contribution in [0.5, 0.6) is 0 Å². The highest BCUT2D eigenvalue weighted by molar-refractivity contribution is 5.93. The van der Waals surface area contributed by atoms with Crippen LogP contribution in [0.3, 0.4) is 0 Å². The van der Waals surface area contributed by atoms with Crippen LogP contribution in [-0.4, -0.2) is 23.5 Å². The summed E-state index contributed by atoms with van der Waals surface area (Å²) in [7, 11) is 0. The summed E-state index contributed by atoms with van der Waals surface area (Å²) >= 11 is 0. The lowest BCUT2D eigenvalue weighted by molar-refractivity contribution is -0.138. The summed E-state index contributed by atoms with van der Waals surface area (Å²) in [5.41, 5.74) is 1.18. The number of amides is 1. The minimum Gasteiger partial charge on any atom is -0.481 e. The van der Waals surface area contributed by atoms with Gasteiger partial charge >= 0.3 is 5.97 Å². The van der Waals surface area contributed by atoms with Crippen LogP contribution in [0, 0.1) is 5.82 Å². The van der Waals surface area contributed by atoms with Gasteiger partial charge in [-0.05, 0) is 29.7 Å². The molecule has 0 aliphatic carbocycles. The molecule has 1 aromatic heterocycles. The van der Waals surface area contributed by atoms with E-state index in [0.717, 1.165) is 5.56 Å². The van der Waals surface area contributed by atoms with E-state index in [-0.39, 0.29) is 18.2 Å². The molecule has 2 N–H and O–H groups in total. The van der Waals surface area contributed by atoms with Crippen LogP contribution >= 0.6 is 0 Å². The third-order valence-electron chi connectivity index (χ3n) is 3.56. The summed E-state index contributed by atoms with van der Waals surface area (Å²) in [5, 5.41) is 11.9. The Labute approximate surface area is 133 Å². The molecule has 0 bridgehead atoms. The van der Waals surface area contributed by atoms with Crippen molar-refractivity contribution in [1.29, 1.82) is 0 Å². The van der Waals surface area contributed by atoms with Crippen molar-refractivity contribution in [2.24, 2.45) is 0 Å². The molecule has 1 heterocycles. The van der Waals surface area contributed by atoms with E-state index >= 15 is 0 Å². The van der Waals surface area contributed by atoms with E-state index in [1.165, 1.54) is 30.5 Å². The Kier molecular flexibility index (Phi) is 5.16. The number of carboxylic acids is 1. The van der Waals surface area contributed by atoms with E-state index in [4.69, 9.17) is 4.42 Å². The minimum atomic E-state index is -1.10. The van der Waals surface area contributed by atoms with Crippen LogP contribution in [-0.2, 0) is 4.79 Å². The molecule has 0 fully saturated rings. The van der Waals surface area contributed by atoms with Gasteiger partial charge in [-0.2, -0.15) is 0 Å². The van der Waals surface area contributed by atoms with Crippen LogP contribution in [0.2, 0.25) is 0 Å². The second-order valence-electron chi connectivity index (χ2n) is 5.51. The number of carbonyl (C=O) groups is 2. The number of nitrogens with one attached hydrogen (secondary N) is 1. The lowest BCUT2D eigenvalue weighted by Crippen LogP contribution is -2.32. The molecule has 1 amide bonds. The SMILES string of the molecule is CC(C)c1ccoc1C(=O)NCC(C(=O)O)c1ccc(F)cc1. The van der Waals surface area contributed by atoms with E-state index in [0.29, 0.717) is 5.56 Å². The lowest BCUT2D eigenvalue weighted by atomic mass is 9.99. The van der Waals surface area contributed by atoms with Crippen LogP contribution in [0.1, 0.15) is 47.4 Å². The first-order valence-corrected chi connectivity index (χ1v) is 7.24. The average Bonchev–Trinajstić information content (AvgIpc) is 2.98. The molecule has 1 atom stereocenters. The molecule has 6 heteroatoms. The number of rotatable bonds is 6. The first-order chi connectivity index (χ1) is 10.9. The molecule has 0 saturated carbocycles. The molecule has 0 aliphatic heterocycles. The van der Waals surface area contributed by atoms with Crippen LogP contribution in [0.15, 0.2) is 41.0 Å². The van der Waals surface area contributed by atoms with Gasteiger partial charge in [0, 0.05) is 12.1 Å². The highest BCUT2D eigenvalue weighted by atomic mass is 19.1. The van der Waals surface area contributed by atoms with Crippen molar-refractivity contribution >= 4 is 11.9 Å². The van der Waals surface area contributed by atoms with Gasteiger partial charge in [0.2, 0.25) is 0 Å². The Morgan fingerprint density at radius 1 is 1.22 bits per heavy atom. The van der Waals surface area contributed by atoms with Gasteiger partial charge in [0.15, 0.2) is 5.76 Å². The van der Waals surface area contributed by atoms with Crippen molar-refractivity contribution in [3.8, 4) is 0 Å². The molecular weight excluding hydrogens is 301 g/mol. The first-order valence-electron chi connectivity index (χ1n) is 7.24. The number of furan rings is 1. The van der Waals surface area contributed by atoms with E-state index in [1.54, 1.807) is 6.07 Å². The second-order valence-corrected chi connectivity index (χ2v) is 5.51. The summed E-state index contributed by atoms with van der Waals surface area (Å²) in [6.07, 6.45) is 1.43. The number of hydrogen-bond acceptors (Lipinski definition) is 3. The van der Waals surface area contributed by atoms with Crippen LogP contribution in [0.4, 0.5) is 4.39 Å². The van der Waals surface area contributed by atoms with Gasteiger partial charge in [-0.3, -0.25) is 9.59 Å². The summed E-state index contributed by atoms with van der Waals surface area (Å²) in [4.78, 5) is 23.6. The van der Waals surface area contributed by atoms with E-state index in [1.807, 2.05) is 13.8 Å². The number of halogens is 1. The van der Waals surface area contributed by atoms with Gasteiger partial charge in [0.25, 0.3) is 5.91 Å². The van der Waals surface area contributed by atoms with E-state index in [9.17, 15) is 19.1 Å². The summed E-state index contributed by atoms with van der Waals surface area (Å²) < 4.78 is 18.1. The zero-order chi connectivity index (χ0) is 17.0. The highest BCUT2D eigenvalue weighted by Gasteiger charge is 2.23. The molecule has 2 rings (SSSR count). The molecule has 0 saturated heterocycles. The third-order valence-corrected chi connectivity index (χ3v) is 3.56. The molecule has 1 aromatic carbocycles. The molecule has 2 aromatic rings. The number of carbonyl (C=O) groups excluding carboxylic acids is 1. The molecule has 0 radical (unpaired) electrons. The Morgan fingerprint density at radius 2 is 1.87 bits per heavy atom. The number of hydrogen-bond donors (Lipinski definition) is 2. The quantitative estimate of drug-likeness (QED) is 0.857. The first kappa shape index (κ1) is 16.7. The Balaban J connectivity index is 2.10. The van der Waals surface area contributed by atoms with Gasteiger partial charge in [-0.1, -0.05) is 26.0 Å². The van der Waals surface area contributed by atoms with Crippen molar-refractivity contribution in [2.45, 2.75) is 25.7 Å². The lowest BCUT2D eigenvalue weighted by Gasteiger charge is -2.14. The summed E-state index contributed by atoms with van der Waals surface area (Å²) in [6, 6.07) is 6.89. The monoisotopic (exact) mass is 319 g/mol. The van der Waals surface area contributed by atoms with Crippen molar-refractivity contribution < 1.29 is 23.5 Å². The average molecular weight is 319 g/mol. The molecule has 23 heavy (non-hydrogen) atoms. The molecule has 122 valence electrons. The topological polar surface area (TPSA) is 79.5 Å². The fourth-order valence-electron chi connectivity index (χ4n) is 2.28. The maximum absolute atomic E-state index is 12.9. The Bertz CT molecular complexity index is 691. The number of aliphatic carboxylic acids is 1. The predicted molar refractivity (Wildman–Crippen MR) is 81.9 cm³/mol. The van der Waals surface area contributed by atoms with Crippen LogP contribution < -0.4 is 5.32 Å². The molecule has 1 unspecified atom stereocenters. The van der Waals surface area contributed by atoms with Gasteiger partial charge < -0.3 is 14.8 Å². The molecule has 0 aliphatic rings. The van der Waals surface area contributed by atoms with Gasteiger partial charge in [0.05, 0.1) is 12.2 Å². The maximum atomic E-state index is 12.9. The van der Waals surface area contributed by atoms with Crippen LogP contribution in [0.25, 0.3) is 0 Å². The third kappa shape index (κ3) is 3.97. The molecular formula is C17H18FNO4. The van der Waals surface area contributed by atoms with Gasteiger partial charge in [-0.15, -0.1) is 0 Å². The highest BCUT2D eigenvalue weighted by Crippen LogP contribution is 2.21. The molecule has 0 spiro atoms. The Hall–Kier alpha value is -2.63. The zero-order valence-corrected chi connectivity index (χ0v) is 12.9. The fourth-order valence-corrected chi connectivity index (χ4v) is 2.28. The van der Waals surface area contributed by atoms with Crippen molar-refractivity contribution in [3.63, 3.8) is 0 Å². The summed E-state index contributed by atoms with van der Waals surface area (Å²) in [6.45, 7) is 3.75. The largest absolute Gasteiger partial charge is 0.481 e. The van der Waals surface area contributed by atoms with Gasteiger partial charge in [-0.25, -0.2) is 4.39 Å². The smallest absolute Gasteiger partial charge is 0.312 e. The minimum absolute atomic E-state index is 0.113. The van der Waals surface area contributed by atoms with E-state index < -0.39 is 23.6 Å². The predicted octanol–water partition coefficient (Wildman–Crippen LogP) is 3.14. The summed E-state index contributed by atoms with van der Waals surface area (Å²) in [5.74, 6) is -2.67. The van der Waals surface area contributed by atoms with E-state index in [2.05, 4.69) is 5.32 Å². The molecule has 5 nitrogen and oxygen atoms in total. The zero-order valence-electron chi connectivity index (χ0n) is 12.9.